The monoisotopic (exact) mass is 305 g/mol. The van der Waals surface area contributed by atoms with Crippen LogP contribution in [-0.4, -0.2) is 25.9 Å². The molecule has 9 heteroatoms. The van der Waals surface area contributed by atoms with Crippen LogP contribution >= 0.6 is 0 Å². The van der Waals surface area contributed by atoms with Crippen LogP contribution < -0.4 is 10.1 Å². The molecule has 2 nitrogen and oxygen atoms in total. The van der Waals surface area contributed by atoms with E-state index in [1.54, 1.807) is 0 Å². The Morgan fingerprint density at radius 1 is 1.05 bits per heavy atom. The fraction of sp³-hybridized carbons (Fsp3) is 0.455. The molecule has 0 aromatic heterocycles. The second-order valence-electron chi connectivity index (χ2n) is 3.78. The van der Waals surface area contributed by atoms with Gasteiger partial charge in [0.2, 0.25) is 0 Å². The Morgan fingerprint density at radius 3 is 2.25 bits per heavy atom. The zero-order valence-electron chi connectivity index (χ0n) is 9.91. The number of ether oxygens (including phenoxy) is 1. The predicted molar refractivity (Wildman–Crippen MR) is 55.8 cm³/mol. The minimum atomic E-state index is -4.86. The topological polar surface area (TPSA) is 21.3 Å². The highest BCUT2D eigenvalue weighted by atomic mass is 19.4. The van der Waals surface area contributed by atoms with E-state index < -0.39 is 30.3 Å². The van der Waals surface area contributed by atoms with Gasteiger partial charge in [0.15, 0.2) is 0 Å². The third kappa shape index (κ3) is 5.64. The first-order valence-electron chi connectivity index (χ1n) is 5.36. The first kappa shape index (κ1) is 16.5. The second kappa shape index (κ2) is 6.29. The maximum absolute atomic E-state index is 12.9. The van der Waals surface area contributed by atoms with Gasteiger partial charge in [-0.2, -0.15) is 26.3 Å². The molecule has 0 aliphatic rings. The lowest BCUT2D eigenvalue weighted by Gasteiger charge is -2.12. The van der Waals surface area contributed by atoms with E-state index in [0.29, 0.717) is 12.1 Å². The van der Waals surface area contributed by atoms with Gasteiger partial charge >= 0.3 is 12.4 Å². The quantitative estimate of drug-likeness (QED) is 0.665. The highest BCUT2D eigenvalue weighted by molar-refractivity contribution is 5.31. The molecule has 0 bridgehead atoms. The van der Waals surface area contributed by atoms with Crippen LogP contribution in [0.25, 0.3) is 0 Å². The van der Waals surface area contributed by atoms with Crippen LogP contribution in [-0.2, 0) is 6.18 Å². The number of benzene rings is 1. The van der Waals surface area contributed by atoms with Crippen LogP contribution in [0.4, 0.5) is 30.7 Å². The van der Waals surface area contributed by atoms with Gasteiger partial charge in [-0.1, -0.05) is 0 Å². The Kier molecular flexibility index (Phi) is 5.21. The molecule has 0 spiro atoms. The molecule has 0 heterocycles. The van der Waals surface area contributed by atoms with E-state index >= 15 is 0 Å². The summed E-state index contributed by atoms with van der Waals surface area (Å²) in [5, 5.41) is 2.01. The highest BCUT2D eigenvalue weighted by Gasteiger charge is 2.34. The molecule has 0 saturated carbocycles. The summed E-state index contributed by atoms with van der Waals surface area (Å²) in [6, 6.07) is 2.01. The third-order valence-electron chi connectivity index (χ3n) is 2.12. The normalized spacial score (nSPS) is 12.6. The van der Waals surface area contributed by atoms with Crippen molar-refractivity contribution in [1.29, 1.82) is 0 Å². The molecule has 0 radical (unpaired) electrons. The van der Waals surface area contributed by atoms with Crippen LogP contribution in [0.3, 0.4) is 0 Å². The molecule has 0 unspecified atom stereocenters. The van der Waals surface area contributed by atoms with E-state index in [0.717, 1.165) is 6.07 Å². The van der Waals surface area contributed by atoms with Crippen molar-refractivity contribution >= 4 is 0 Å². The largest absolute Gasteiger partial charge is 0.492 e. The molecule has 1 aromatic carbocycles. The van der Waals surface area contributed by atoms with Gasteiger partial charge in [-0.05, 0) is 18.2 Å². The summed E-state index contributed by atoms with van der Waals surface area (Å²) >= 11 is 0. The summed E-state index contributed by atoms with van der Waals surface area (Å²) in [6.07, 6.45) is -9.24. The Hall–Kier alpha value is -1.51. The number of rotatable bonds is 5. The highest BCUT2D eigenvalue weighted by Crippen LogP contribution is 2.33. The van der Waals surface area contributed by atoms with Crippen molar-refractivity contribution in [1.82, 2.24) is 5.32 Å². The fourth-order valence-electron chi connectivity index (χ4n) is 1.28. The van der Waals surface area contributed by atoms with Crippen LogP contribution in [0, 0.1) is 5.82 Å². The van der Waals surface area contributed by atoms with Crippen LogP contribution in [0.1, 0.15) is 5.56 Å². The molecule has 0 aliphatic heterocycles. The van der Waals surface area contributed by atoms with E-state index in [4.69, 9.17) is 4.74 Å². The smallest absolute Gasteiger partial charge is 0.419 e. The number of alkyl halides is 6. The van der Waals surface area contributed by atoms with Gasteiger partial charge in [-0.15, -0.1) is 0 Å². The molecule has 0 aliphatic carbocycles. The summed E-state index contributed by atoms with van der Waals surface area (Å²) in [6.45, 7) is -1.72. The molecule has 1 N–H and O–H groups in total. The molecule has 0 fully saturated rings. The van der Waals surface area contributed by atoms with Gasteiger partial charge in [0.25, 0.3) is 0 Å². The third-order valence-corrected chi connectivity index (χ3v) is 2.12. The maximum atomic E-state index is 12.9. The van der Waals surface area contributed by atoms with Crippen molar-refractivity contribution < 1.29 is 35.5 Å². The fourth-order valence-corrected chi connectivity index (χ4v) is 1.28. The molecule has 114 valence electrons. The van der Waals surface area contributed by atoms with Crippen molar-refractivity contribution in [2.24, 2.45) is 0 Å². The van der Waals surface area contributed by atoms with Gasteiger partial charge in [-0.25, -0.2) is 4.39 Å². The molecule has 1 rings (SSSR count). The van der Waals surface area contributed by atoms with Crippen molar-refractivity contribution in [3.05, 3.63) is 29.6 Å². The zero-order chi connectivity index (χ0) is 15.4. The van der Waals surface area contributed by atoms with Gasteiger partial charge in [-0.3, -0.25) is 0 Å². The predicted octanol–water partition coefficient (Wildman–Crippen LogP) is 3.38. The van der Waals surface area contributed by atoms with Crippen LogP contribution in [0.5, 0.6) is 5.75 Å². The van der Waals surface area contributed by atoms with Crippen LogP contribution in [0.2, 0.25) is 0 Å². The first-order chi connectivity index (χ1) is 9.09. The van der Waals surface area contributed by atoms with Crippen molar-refractivity contribution in [3.8, 4) is 5.75 Å². The summed E-state index contributed by atoms with van der Waals surface area (Å²) in [7, 11) is 0. The SMILES string of the molecule is Fc1ccc(OCCNCC(F)(F)F)cc1C(F)(F)F. The summed E-state index contributed by atoms with van der Waals surface area (Å²) in [5.41, 5.74) is -1.49. The molecule has 0 saturated heterocycles. The van der Waals surface area contributed by atoms with Gasteiger partial charge in [0.1, 0.15) is 18.2 Å². The van der Waals surface area contributed by atoms with Crippen molar-refractivity contribution in [3.63, 3.8) is 0 Å². The summed E-state index contributed by atoms with van der Waals surface area (Å²) in [5.74, 6) is -1.72. The van der Waals surface area contributed by atoms with E-state index in [-0.39, 0.29) is 18.9 Å². The van der Waals surface area contributed by atoms with Crippen molar-refractivity contribution in [2.45, 2.75) is 12.4 Å². The summed E-state index contributed by atoms with van der Waals surface area (Å²) in [4.78, 5) is 0. The lowest BCUT2D eigenvalue weighted by molar-refractivity contribution is -0.140. The van der Waals surface area contributed by atoms with Crippen molar-refractivity contribution in [2.75, 3.05) is 19.7 Å². The maximum Gasteiger partial charge on any atom is 0.419 e. The zero-order valence-corrected chi connectivity index (χ0v) is 9.91. The Bertz CT molecular complexity index is 441. The molecule has 1 aromatic rings. The molecular formula is C11H10F7NO. The standard InChI is InChI=1S/C11H10F7NO/c12-9-2-1-7(5-8(9)11(16,17)18)20-4-3-19-6-10(13,14)15/h1-2,5,19H,3-4,6H2. The van der Waals surface area contributed by atoms with E-state index in [2.05, 4.69) is 0 Å². The molecule has 20 heavy (non-hydrogen) atoms. The number of hydrogen-bond acceptors (Lipinski definition) is 2. The lowest BCUT2D eigenvalue weighted by atomic mass is 10.2. The number of nitrogens with one attached hydrogen (secondary N) is 1. The van der Waals surface area contributed by atoms with Crippen LogP contribution in [0.15, 0.2) is 18.2 Å². The number of hydrogen-bond donors (Lipinski definition) is 1. The van der Waals surface area contributed by atoms with Gasteiger partial charge in [0.05, 0.1) is 12.1 Å². The van der Waals surface area contributed by atoms with Gasteiger partial charge < -0.3 is 10.1 Å². The van der Waals surface area contributed by atoms with E-state index in [9.17, 15) is 30.7 Å². The van der Waals surface area contributed by atoms with E-state index in [1.807, 2.05) is 5.32 Å². The average Bonchev–Trinajstić information content (AvgIpc) is 2.27. The minimum absolute atomic E-state index is 0.210. The minimum Gasteiger partial charge on any atom is -0.492 e. The average molecular weight is 305 g/mol. The molecular weight excluding hydrogens is 295 g/mol. The summed E-state index contributed by atoms with van der Waals surface area (Å²) < 4.78 is 90.1. The molecule has 0 atom stereocenters. The Morgan fingerprint density at radius 2 is 1.70 bits per heavy atom. The second-order valence-corrected chi connectivity index (χ2v) is 3.78. The Balaban J connectivity index is 2.49. The lowest BCUT2D eigenvalue weighted by Crippen LogP contribution is -2.31. The molecule has 0 amide bonds. The Labute approximate surface area is 109 Å². The number of halogens is 7. The van der Waals surface area contributed by atoms with Gasteiger partial charge in [0, 0.05) is 6.54 Å². The van der Waals surface area contributed by atoms with E-state index in [1.165, 1.54) is 0 Å². The first-order valence-corrected chi connectivity index (χ1v) is 5.36.